The molecule has 0 heterocycles. The highest BCUT2D eigenvalue weighted by molar-refractivity contribution is 6.32. The largest absolute Gasteiger partial charge is 0.481 e. The molecular weight excluding hydrogens is 243 g/mol. The van der Waals surface area contributed by atoms with Crippen molar-refractivity contribution in [1.82, 2.24) is 0 Å². The Labute approximate surface area is 104 Å². The maximum absolute atomic E-state index is 13.6. The van der Waals surface area contributed by atoms with Gasteiger partial charge in [-0.3, -0.25) is 4.79 Å². The molecule has 1 aromatic rings. The van der Waals surface area contributed by atoms with Crippen molar-refractivity contribution in [1.29, 1.82) is 0 Å². The van der Waals surface area contributed by atoms with Gasteiger partial charge in [-0.2, -0.15) is 0 Å². The van der Waals surface area contributed by atoms with E-state index < -0.39 is 17.2 Å². The van der Waals surface area contributed by atoms with E-state index in [0.717, 1.165) is 0 Å². The lowest BCUT2D eigenvalue weighted by molar-refractivity contribution is -0.141. The number of rotatable bonds is 2. The monoisotopic (exact) mass is 256 g/mol. The fraction of sp³-hybridized carbons (Fsp3) is 0.462. The average Bonchev–Trinajstić information content (AvgIpc) is 2.77. The molecule has 17 heavy (non-hydrogen) atoms. The van der Waals surface area contributed by atoms with Gasteiger partial charge in [-0.25, -0.2) is 4.39 Å². The second kappa shape index (κ2) is 3.45. The van der Waals surface area contributed by atoms with Crippen LogP contribution in [0.1, 0.15) is 31.4 Å². The molecule has 0 spiro atoms. The molecule has 0 aliphatic heterocycles. The number of hydrogen-bond donors (Lipinski definition) is 1. The number of aliphatic carboxylic acids is 1. The topological polar surface area (TPSA) is 37.3 Å². The van der Waals surface area contributed by atoms with Crippen LogP contribution in [0.3, 0.4) is 0 Å². The minimum absolute atomic E-state index is 0.330. The minimum atomic E-state index is -1.04. The summed E-state index contributed by atoms with van der Waals surface area (Å²) in [5, 5.41) is 9.73. The zero-order chi connectivity index (χ0) is 13.0. The van der Waals surface area contributed by atoms with Crippen molar-refractivity contribution >= 4 is 17.6 Å². The fourth-order valence-corrected chi connectivity index (χ4v) is 2.91. The zero-order valence-corrected chi connectivity index (χ0v) is 10.7. The molecule has 0 aromatic heterocycles. The van der Waals surface area contributed by atoms with Crippen LogP contribution in [-0.2, 0) is 10.2 Å². The summed E-state index contributed by atoms with van der Waals surface area (Å²) >= 11 is 6.07. The Morgan fingerprint density at radius 2 is 2.00 bits per heavy atom. The van der Waals surface area contributed by atoms with Gasteiger partial charge in [0, 0.05) is 5.02 Å². The van der Waals surface area contributed by atoms with Gasteiger partial charge in [-0.15, -0.1) is 0 Å². The summed E-state index contributed by atoms with van der Waals surface area (Å²) in [5.41, 5.74) is -0.611. The zero-order valence-electron chi connectivity index (χ0n) is 9.97. The van der Waals surface area contributed by atoms with Crippen LogP contribution >= 0.6 is 11.6 Å². The molecule has 1 atom stereocenters. The van der Waals surface area contributed by atoms with E-state index in [0.29, 0.717) is 22.6 Å². The molecule has 1 aliphatic rings. The maximum atomic E-state index is 13.6. The van der Waals surface area contributed by atoms with E-state index >= 15 is 0 Å². The van der Waals surface area contributed by atoms with Crippen molar-refractivity contribution in [2.24, 2.45) is 5.41 Å². The van der Waals surface area contributed by atoms with Crippen LogP contribution in [0.5, 0.6) is 0 Å². The van der Waals surface area contributed by atoms with E-state index in [1.165, 1.54) is 12.1 Å². The molecule has 1 N–H and O–H groups in total. The van der Waals surface area contributed by atoms with Crippen LogP contribution in [0.4, 0.5) is 4.39 Å². The molecule has 1 fully saturated rings. The second-order valence-corrected chi connectivity index (χ2v) is 5.76. The minimum Gasteiger partial charge on any atom is -0.481 e. The van der Waals surface area contributed by atoms with E-state index in [1.54, 1.807) is 6.92 Å². The first-order valence-corrected chi connectivity index (χ1v) is 5.80. The van der Waals surface area contributed by atoms with E-state index in [4.69, 9.17) is 11.6 Å². The highest BCUT2D eigenvalue weighted by Gasteiger charge is 2.68. The number of carbonyl (C=O) groups is 1. The van der Waals surface area contributed by atoms with Gasteiger partial charge in [0.25, 0.3) is 0 Å². The van der Waals surface area contributed by atoms with Crippen LogP contribution in [0.15, 0.2) is 12.1 Å². The van der Waals surface area contributed by atoms with Gasteiger partial charge in [0.05, 0.1) is 5.41 Å². The van der Waals surface area contributed by atoms with E-state index in [2.05, 4.69) is 0 Å². The van der Waals surface area contributed by atoms with Gasteiger partial charge >= 0.3 is 5.97 Å². The standard InChI is InChI=1S/C13H14ClFO2/c1-7-4-9(14)8(5-10(7)15)13(11(16)17)6-12(13,2)3/h4-5H,6H2,1-3H3,(H,16,17). The van der Waals surface area contributed by atoms with Crippen LogP contribution in [0.2, 0.25) is 5.02 Å². The fourth-order valence-electron chi connectivity index (χ4n) is 2.53. The molecule has 2 rings (SSSR count). The number of carboxylic acid groups (broad SMARTS) is 1. The first-order valence-electron chi connectivity index (χ1n) is 5.42. The lowest BCUT2D eigenvalue weighted by Gasteiger charge is -2.18. The first kappa shape index (κ1) is 12.4. The van der Waals surface area contributed by atoms with Crippen molar-refractivity contribution in [2.75, 3.05) is 0 Å². The van der Waals surface area contributed by atoms with Crippen molar-refractivity contribution < 1.29 is 14.3 Å². The Bertz CT molecular complexity index is 510. The Morgan fingerprint density at radius 3 is 2.41 bits per heavy atom. The van der Waals surface area contributed by atoms with Crippen LogP contribution < -0.4 is 0 Å². The number of halogens is 2. The number of hydrogen-bond acceptors (Lipinski definition) is 1. The predicted molar refractivity (Wildman–Crippen MR) is 63.9 cm³/mol. The molecule has 4 heteroatoms. The molecule has 1 aliphatic carbocycles. The number of carboxylic acids is 1. The van der Waals surface area contributed by atoms with E-state index in [-0.39, 0.29) is 5.41 Å². The maximum Gasteiger partial charge on any atom is 0.314 e. The SMILES string of the molecule is Cc1cc(Cl)c(C2(C(=O)O)CC2(C)C)cc1F. The van der Waals surface area contributed by atoms with Crippen LogP contribution in [0.25, 0.3) is 0 Å². The smallest absolute Gasteiger partial charge is 0.314 e. The Hall–Kier alpha value is -1.09. The third-order valence-electron chi connectivity index (χ3n) is 3.81. The van der Waals surface area contributed by atoms with Crippen LogP contribution in [-0.4, -0.2) is 11.1 Å². The molecule has 2 nitrogen and oxygen atoms in total. The third kappa shape index (κ3) is 1.56. The van der Waals surface area contributed by atoms with Gasteiger partial charge < -0.3 is 5.11 Å². The molecule has 92 valence electrons. The van der Waals surface area contributed by atoms with Gasteiger partial charge in [-0.05, 0) is 42.0 Å². The summed E-state index contributed by atoms with van der Waals surface area (Å²) in [4.78, 5) is 11.5. The van der Waals surface area contributed by atoms with Crippen molar-refractivity contribution in [3.05, 3.63) is 34.1 Å². The highest BCUT2D eigenvalue weighted by Crippen LogP contribution is 2.65. The summed E-state index contributed by atoms with van der Waals surface area (Å²) in [6.45, 7) is 5.32. The normalized spacial score (nSPS) is 25.7. The molecule has 0 bridgehead atoms. The number of aryl methyl sites for hydroxylation is 1. The summed E-state index contributed by atoms with van der Waals surface area (Å²) in [6, 6.07) is 2.76. The average molecular weight is 257 g/mol. The van der Waals surface area contributed by atoms with E-state index in [1.807, 2.05) is 13.8 Å². The Balaban J connectivity index is 2.62. The van der Waals surface area contributed by atoms with Gasteiger partial charge in [0.1, 0.15) is 5.82 Å². The highest BCUT2D eigenvalue weighted by atomic mass is 35.5. The summed E-state index contributed by atoms with van der Waals surface area (Å²) in [7, 11) is 0. The molecule has 0 radical (unpaired) electrons. The lowest BCUT2D eigenvalue weighted by Crippen LogP contribution is -2.26. The predicted octanol–water partition coefficient (Wildman–Crippen LogP) is 3.54. The van der Waals surface area contributed by atoms with Gasteiger partial charge in [0.2, 0.25) is 0 Å². The van der Waals surface area contributed by atoms with Gasteiger partial charge in [-0.1, -0.05) is 25.4 Å². The van der Waals surface area contributed by atoms with E-state index in [9.17, 15) is 14.3 Å². The molecule has 0 saturated heterocycles. The van der Waals surface area contributed by atoms with Crippen LogP contribution in [0, 0.1) is 18.2 Å². The van der Waals surface area contributed by atoms with Crippen molar-refractivity contribution in [3.8, 4) is 0 Å². The summed E-state index contributed by atoms with van der Waals surface area (Å²) < 4.78 is 13.6. The lowest BCUT2D eigenvalue weighted by atomic mass is 9.87. The molecule has 1 unspecified atom stereocenters. The molecule has 0 amide bonds. The van der Waals surface area contributed by atoms with Crippen molar-refractivity contribution in [3.63, 3.8) is 0 Å². The van der Waals surface area contributed by atoms with Crippen molar-refractivity contribution in [2.45, 2.75) is 32.6 Å². The van der Waals surface area contributed by atoms with Gasteiger partial charge in [0.15, 0.2) is 0 Å². The second-order valence-electron chi connectivity index (χ2n) is 5.35. The summed E-state index contributed by atoms with van der Waals surface area (Å²) in [6.07, 6.45) is 0.484. The quantitative estimate of drug-likeness (QED) is 0.879. The summed E-state index contributed by atoms with van der Waals surface area (Å²) in [5.74, 6) is -1.35. The third-order valence-corrected chi connectivity index (χ3v) is 4.12. The molecule has 1 aromatic carbocycles. The number of benzene rings is 1. The molecule has 1 saturated carbocycles. The molecular formula is C13H14ClFO2. The Kier molecular flexibility index (Phi) is 2.51. The Morgan fingerprint density at radius 1 is 1.47 bits per heavy atom. The first-order chi connectivity index (χ1) is 7.72.